The van der Waals surface area contributed by atoms with E-state index in [9.17, 15) is 18.0 Å². The first-order chi connectivity index (χ1) is 21.1. The molecule has 0 fully saturated rings. The summed E-state index contributed by atoms with van der Waals surface area (Å²) in [5.41, 5.74) is 1.56. The first kappa shape index (κ1) is 32.9. The maximum atomic E-state index is 14.4. The van der Waals surface area contributed by atoms with Crippen LogP contribution in [-0.2, 0) is 32.6 Å². The Morgan fingerprint density at radius 3 is 2.16 bits per heavy atom. The van der Waals surface area contributed by atoms with Gasteiger partial charge in [-0.05, 0) is 54.4 Å². The molecule has 4 rings (SSSR count). The van der Waals surface area contributed by atoms with Gasteiger partial charge < -0.3 is 15.0 Å². The third-order valence-electron chi connectivity index (χ3n) is 6.92. The highest BCUT2D eigenvalue weighted by molar-refractivity contribution is 7.92. The number of carbonyl (C=O) groups excluding carboxylic acids is 2. The number of benzene rings is 4. The van der Waals surface area contributed by atoms with Crippen LogP contribution >= 0.6 is 23.2 Å². The van der Waals surface area contributed by atoms with Gasteiger partial charge in [0.15, 0.2) is 0 Å². The lowest BCUT2D eigenvalue weighted by Gasteiger charge is -2.34. The van der Waals surface area contributed by atoms with E-state index in [2.05, 4.69) is 5.32 Å². The largest absolute Gasteiger partial charge is 0.497 e. The number of hydrogen-bond acceptors (Lipinski definition) is 5. The Bertz CT molecular complexity index is 1690. The molecule has 0 aliphatic carbocycles. The SMILES string of the molecule is CCNC(=O)[C@H](Cc1ccccc1)N(Cc1cccc(OC)c1)C(=O)CN(c1cccc(Cl)c1Cl)S(=O)(=O)c1ccccc1. The molecule has 1 atom stereocenters. The fraction of sp³-hybridized carbons (Fsp3) is 0.212. The van der Waals surface area contributed by atoms with Crippen molar-refractivity contribution in [1.82, 2.24) is 10.2 Å². The summed E-state index contributed by atoms with van der Waals surface area (Å²) < 4.78 is 34.4. The van der Waals surface area contributed by atoms with Crippen LogP contribution in [0.2, 0.25) is 10.0 Å². The summed E-state index contributed by atoms with van der Waals surface area (Å²) >= 11 is 12.8. The van der Waals surface area contributed by atoms with Gasteiger partial charge in [-0.3, -0.25) is 13.9 Å². The van der Waals surface area contributed by atoms with Crippen molar-refractivity contribution in [2.45, 2.75) is 30.8 Å². The summed E-state index contributed by atoms with van der Waals surface area (Å²) in [6.07, 6.45) is 0.200. The average molecular weight is 655 g/mol. The number of sulfonamides is 1. The standard InChI is InChI=1S/C33H33Cl2N3O5S/c1-3-36-33(40)30(21-24-12-6-4-7-13-24)37(22-25-14-10-15-26(20-25)43-2)31(39)23-38(29-19-11-18-28(34)32(29)35)44(41,42)27-16-8-5-9-17-27/h4-20,30H,3,21-23H2,1-2H3,(H,36,40)/t30-/m0/s1. The molecule has 2 amide bonds. The molecule has 0 aliphatic rings. The second-order valence-electron chi connectivity index (χ2n) is 9.87. The lowest BCUT2D eigenvalue weighted by atomic mass is 10.0. The fourth-order valence-corrected chi connectivity index (χ4v) is 6.63. The molecule has 0 heterocycles. The maximum Gasteiger partial charge on any atom is 0.264 e. The Balaban J connectivity index is 1.83. The molecule has 0 aromatic heterocycles. The highest BCUT2D eigenvalue weighted by Gasteiger charge is 2.35. The third kappa shape index (κ3) is 7.91. The van der Waals surface area contributed by atoms with Crippen LogP contribution in [0.25, 0.3) is 0 Å². The van der Waals surface area contributed by atoms with E-state index in [0.29, 0.717) is 17.9 Å². The molecule has 0 spiro atoms. The van der Waals surface area contributed by atoms with E-state index in [-0.39, 0.29) is 39.5 Å². The number of nitrogens with zero attached hydrogens (tertiary/aromatic N) is 2. The van der Waals surface area contributed by atoms with E-state index in [1.165, 1.54) is 36.3 Å². The molecule has 0 radical (unpaired) electrons. The van der Waals surface area contributed by atoms with Crippen LogP contribution in [-0.4, -0.2) is 51.4 Å². The number of anilines is 1. The van der Waals surface area contributed by atoms with Crippen molar-refractivity contribution in [2.75, 3.05) is 24.5 Å². The Morgan fingerprint density at radius 2 is 1.50 bits per heavy atom. The monoisotopic (exact) mass is 653 g/mol. The number of hydrogen-bond donors (Lipinski definition) is 1. The molecular formula is C33H33Cl2N3O5S. The molecule has 0 aliphatic heterocycles. The van der Waals surface area contributed by atoms with E-state index in [0.717, 1.165) is 9.87 Å². The highest BCUT2D eigenvalue weighted by atomic mass is 35.5. The predicted octanol–water partition coefficient (Wildman–Crippen LogP) is 5.97. The van der Waals surface area contributed by atoms with Crippen LogP contribution in [0.3, 0.4) is 0 Å². The normalized spacial score (nSPS) is 11.8. The number of ether oxygens (including phenoxy) is 1. The van der Waals surface area contributed by atoms with E-state index in [1.54, 1.807) is 49.4 Å². The number of nitrogens with one attached hydrogen (secondary N) is 1. The smallest absolute Gasteiger partial charge is 0.264 e. The van der Waals surface area contributed by atoms with Crippen LogP contribution in [0.15, 0.2) is 108 Å². The average Bonchev–Trinajstić information content (AvgIpc) is 3.04. The molecule has 0 saturated carbocycles. The summed E-state index contributed by atoms with van der Waals surface area (Å²) in [6.45, 7) is 1.50. The third-order valence-corrected chi connectivity index (χ3v) is 9.50. The van der Waals surface area contributed by atoms with Crippen LogP contribution in [0, 0.1) is 0 Å². The van der Waals surface area contributed by atoms with Gasteiger partial charge in [-0.25, -0.2) is 8.42 Å². The van der Waals surface area contributed by atoms with Gasteiger partial charge in [0.1, 0.15) is 18.3 Å². The number of carbonyl (C=O) groups is 2. The van der Waals surface area contributed by atoms with Gasteiger partial charge in [0, 0.05) is 19.5 Å². The van der Waals surface area contributed by atoms with Gasteiger partial charge in [0.2, 0.25) is 11.8 Å². The lowest BCUT2D eigenvalue weighted by Crippen LogP contribution is -2.53. The number of likely N-dealkylation sites (N-methyl/N-ethyl adjacent to an activating group) is 1. The van der Waals surface area contributed by atoms with Crippen LogP contribution in [0.4, 0.5) is 5.69 Å². The maximum absolute atomic E-state index is 14.4. The number of rotatable bonds is 13. The zero-order chi connectivity index (χ0) is 31.7. The second-order valence-corrected chi connectivity index (χ2v) is 12.5. The Labute approximate surface area is 268 Å². The van der Waals surface area contributed by atoms with Gasteiger partial charge in [-0.2, -0.15) is 0 Å². The molecule has 8 nitrogen and oxygen atoms in total. The van der Waals surface area contributed by atoms with Crippen molar-refractivity contribution in [2.24, 2.45) is 0 Å². The minimum atomic E-state index is -4.30. The quantitative estimate of drug-likeness (QED) is 0.192. The minimum absolute atomic E-state index is 0.00711. The Hall–Kier alpha value is -4.05. The zero-order valence-corrected chi connectivity index (χ0v) is 26.6. The van der Waals surface area contributed by atoms with Crippen LogP contribution in [0.5, 0.6) is 5.75 Å². The van der Waals surface area contributed by atoms with Gasteiger partial charge in [0.25, 0.3) is 10.0 Å². The summed E-state index contributed by atoms with van der Waals surface area (Å²) in [6, 6.07) is 27.8. The molecule has 44 heavy (non-hydrogen) atoms. The molecule has 4 aromatic rings. The van der Waals surface area contributed by atoms with Crippen LogP contribution in [0.1, 0.15) is 18.1 Å². The second kappa shape index (κ2) is 15.1. The lowest BCUT2D eigenvalue weighted by molar-refractivity contribution is -0.140. The first-order valence-corrected chi connectivity index (χ1v) is 16.1. The first-order valence-electron chi connectivity index (χ1n) is 13.9. The van der Waals surface area contributed by atoms with Gasteiger partial charge >= 0.3 is 0 Å². The zero-order valence-electron chi connectivity index (χ0n) is 24.3. The predicted molar refractivity (Wildman–Crippen MR) is 174 cm³/mol. The van der Waals surface area contributed by atoms with Crippen molar-refractivity contribution in [3.05, 3.63) is 124 Å². The number of methoxy groups -OCH3 is 1. The van der Waals surface area contributed by atoms with Gasteiger partial charge in [-0.15, -0.1) is 0 Å². The topological polar surface area (TPSA) is 96.0 Å². The molecule has 11 heteroatoms. The van der Waals surface area contributed by atoms with Crippen molar-refractivity contribution >= 4 is 50.7 Å². The molecule has 0 unspecified atom stereocenters. The summed E-state index contributed by atoms with van der Waals surface area (Å²) in [4.78, 5) is 29.4. The van der Waals surface area contributed by atoms with Crippen molar-refractivity contribution < 1.29 is 22.7 Å². The molecule has 1 N–H and O–H groups in total. The van der Waals surface area contributed by atoms with Gasteiger partial charge in [-0.1, -0.05) is 89.9 Å². The highest BCUT2D eigenvalue weighted by Crippen LogP contribution is 2.35. The number of halogens is 2. The molecule has 0 bridgehead atoms. The molecule has 4 aromatic carbocycles. The van der Waals surface area contributed by atoms with Gasteiger partial charge in [0.05, 0.1) is 27.7 Å². The molecule has 0 saturated heterocycles. The number of amides is 2. The summed E-state index contributed by atoms with van der Waals surface area (Å²) in [5.74, 6) is -0.409. The Morgan fingerprint density at radius 1 is 0.864 bits per heavy atom. The van der Waals surface area contributed by atoms with E-state index < -0.39 is 28.5 Å². The van der Waals surface area contributed by atoms with Crippen molar-refractivity contribution in [3.63, 3.8) is 0 Å². The summed E-state index contributed by atoms with van der Waals surface area (Å²) in [7, 11) is -2.76. The van der Waals surface area contributed by atoms with Crippen molar-refractivity contribution in [3.8, 4) is 5.75 Å². The minimum Gasteiger partial charge on any atom is -0.497 e. The molecular weight excluding hydrogens is 621 g/mol. The van der Waals surface area contributed by atoms with E-state index in [4.69, 9.17) is 27.9 Å². The van der Waals surface area contributed by atoms with E-state index in [1.807, 2.05) is 36.4 Å². The molecule has 230 valence electrons. The van der Waals surface area contributed by atoms with E-state index >= 15 is 0 Å². The fourth-order valence-electron chi connectivity index (χ4n) is 4.73. The Kier molecular flexibility index (Phi) is 11.3. The summed E-state index contributed by atoms with van der Waals surface area (Å²) in [5, 5.41) is 2.94. The van der Waals surface area contributed by atoms with Crippen LogP contribution < -0.4 is 14.4 Å². The van der Waals surface area contributed by atoms with Crippen molar-refractivity contribution in [1.29, 1.82) is 0 Å².